The van der Waals surface area contributed by atoms with E-state index in [2.05, 4.69) is 5.10 Å². The van der Waals surface area contributed by atoms with E-state index in [9.17, 15) is 10.2 Å². The third-order valence-corrected chi connectivity index (χ3v) is 3.06. The number of aliphatic hydroxyl groups is 2. The van der Waals surface area contributed by atoms with Crippen molar-refractivity contribution >= 4 is 0 Å². The highest BCUT2D eigenvalue weighted by atomic mass is 16.3. The van der Waals surface area contributed by atoms with E-state index in [-0.39, 0.29) is 0 Å². The fraction of sp³-hybridized carbons (Fsp3) is 0.727. The van der Waals surface area contributed by atoms with Crippen LogP contribution in [0.2, 0.25) is 0 Å². The molecule has 2 N–H and O–H groups in total. The van der Waals surface area contributed by atoms with Crippen LogP contribution >= 0.6 is 0 Å². The minimum absolute atomic E-state index is 0.527. The lowest BCUT2D eigenvalue weighted by atomic mass is 9.89. The van der Waals surface area contributed by atoms with Crippen molar-refractivity contribution in [2.45, 2.75) is 51.9 Å². The molecule has 0 aromatic carbocycles. The molecular formula is C11H20N2O2. The molecule has 1 aromatic rings. The van der Waals surface area contributed by atoms with E-state index in [0.29, 0.717) is 25.1 Å². The SMILES string of the molecule is CCn1nccc1C(O)C(O)(CC)CC. The van der Waals surface area contributed by atoms with Crippen LogP contribution in [0, 0.1) is 0 Å². The zero-order valence-electron chi connectivity index (χ0n) is 9.64. The Labute approximate surface area is 90.5 Å². The summed E-state index contributed by atoms with van der Waals surface area (Å²) >= 11 is 0. The van der Waals surface area contributed by atoms with Crippen LogP contribution in [0.3, 0.4) is 0 Å². The molecule has 0 saturated heterocycles. The van der Waals surface area contributed by atoms with Gasteiger partial charge in [-0.3, -0.25) is 4.68 Å². The molecule has 0 aliphatic heterocycles. The Morgan fingerprint density at radius 1 is 1.40 bits per heavy atom. The summed E-state index contributed by atoms with van der Waals surface area (Å²) in [5.41, 5.74) is -0.365. The summed E-state index contributed by atoms with van der Waals surface area (Å²) in [5.74, 6) is 0. The Morgan fingerprint density at radius 3 is 2.47 bits per heavy atom. The standard InChI is InChI=1S/C11H20N2O2/c1-4-11(15,5-2)10(14)9-7-8-12-13(9)6-3/h7-8,10,14-15H,4-6H2,1-3H3. The molecule has 0 saturated carbocycles. The molecule has 1 rings (SSSR count). The highest BCUT2D eigenvalue weighted by Gasteiger charge is 2.34. The van der Waals surface area contributed by atoms with Gasteiger partial charge in [-0.25, -0.2) is 0 Å². The van der Waals surface area contributed by atoms with Crippen molar-refractivity contribution in [2.24, 2.45) is 0 Å². The third kappa shape index (κ3) is 2.21. The van der Waals surface area contributed by atoms with E-state index in [1.165, 1.54) is 0 Å². The highest BCUT2D eigenvalue weighted by molar-refractivity contribution is 5.09. The van der Waals surface area contributed by atoms with Crippen LogP contribution in [-0.4, -0.2) is 25.6 Å². The second kappa shape index (κ2) is 4.77. The van der Waals surface area contributed by atoms with E-state index in [1.54, 1.807) is 16.9 Å². The van der Waals surface area contributed by atoms with Gasteiger partial charge in [0.25, 0.3) is 0 Å². The van der Waals surface area contributed by atoms with Crippen molar-refractivity contribution in [1.82, 2.24) is 9.78 Å². The Bertz CT molecular complexity index is 305. The topological polar surface area (TPSA) is 58.3 Å². The quantitative estimate of drug-likeness (QED) is 0.777. The lowest BCUT2D eigenvalue weighted by molar-refractivity contribution is -0.0855. The van der Waals surface area contributed by atoms with Crippen LogP contribution in [0.4, 0.5) is 0 Å². The van der Waals surface area contributed by atoms with E-state index in [4.69, 9.17) is 0 Å². The Hall–Kier alpha value is -0.870. The number of hydrogen-bond acceptors (Lipinski definition) is 3. The van der Waals surface area contributed by atoms with Gasteiger partial charge in [0.15, 0.2) is 0 Å². The van der Waals surface area contributed by atoms with E-state index >= 15 is 0 Å². The van der Waals surface area contributed by atoms with Gasteiger partial charge in [-0.05, 0) is 25.8 Å². The molecule has 0 aliphatic carbocycles. The lowest BCUT2D eigenvalue weighted by Crippen LogP contribution is -2.36. The third-order valence-electron chi connectivity index (χ3n) is 3.06. The molecule has 1 atom stereocenters. The van der Waals surface area contributed by atoms with Crippen LogP contribution in [-0.2, 0) is 6.54 Å². The number of aliphatic hydroxyl groups excluding tert-OH is 1. The molecule has 0 aliphatic rings. The van der Waals surface area contributed by atoms with Gasteiger partial charge in [0.2, 0.25) is 0 Å². The first-order chi connectivity index (χ1) is 7.09. The van der Waals surface area contributed by atoms with Crippen LogP contribution in [0.15, 0.2) is 12.3 Å². The number of nitrogens with zero attached hydrogens (tertiary/aromatic N) is 2. The summed E-state index contributed by atoms with van der Waals surface area (Å²) in [7, 11) is 0. The van der Waals surface area contributed by atoms with Crippen molar-refractivity contribution in [3.05, 3.63) is 18.0 Å². The molecule has 0 radical (unpaired) electrons. The van der Waals surface area contributed by atoms with Gasteiger partial charge in [-0.2, -0.15) is 5.10 Å². The minimum Gasteiger partial charge on any atom is -0.387 e. The fourth-order valence-corrected chi connectivity index (χ4v) is 1.75. The zero-order chi connectivity index (χ0) is 11.5. The Kier molecular flexibility index (Phi) is 3.88. The van der Waals surface area contributed by atoms with Crippen molar-refractivity contribution in [2.75, 3.05) is 0 Å². The maximum Gasteiger partial charge on any atom is 0.124 e. The first kappa shape index (κ1) is 12.2. The monoisotopic (exact) mass is 212 g/mol. The smallest absolute Gasteiger partial charge is 0.124 e. The van der Waals surface area contributed by atoms with E-state index in [1.807, 2.05) is 20.8 Å². The molecule has 1 aromatic heterocycles. The van der Waals surface area contributed by atoms with Crippen LogP contribution in [0.25, 0.3) is 0 Å². The number of rotatable bonds is 5. The van der Waals surface area contributed by atoms with Crippen molar-refractivity contribution < 1.29 is 10.2 Å². The Balaban J connectivity index is 2.97. The molecule has 0 amide bonds. The summed E-state index contributed by atoms with van der Waals surface area (Å²) in [6, 6.07) is 1.75. The minimum atomic E-state index is -1.05. The first-order valence-corrected chi connectivity index (χ1v) is 5.51. The second-order valence-electron chi connectivity index (χ2n) is 3.79. The van der Waals surface area contributed by atoms with Gasteiger partial charge >= 0.3 is 0 Å². The van der Waals surface area contributed by atoms with Crippen molar-refractivity contribution in [3.63, 3.8) is 0 Å². The highest BCUT2D eigenvalue weighted by Crippen LogP contribution is 2.31. The molecule has 0 bridgehead atoms. The predicted molar refractivity (Wildman–Crippen MR) is 58.4 cm³/mol. The molecule has 0 spiro atoms. The van der Waals surface area contributed by atoms with Crippen molar-refractivity contribution in [3.8, 4) is 0 Å². The number of aryl methyl sites for hydroxylation is 1. The molecule has 4 nitrogen and oxygen atoms in total. The average molecular weight is 212 g/mol. The van der Waals surface area contributed by atoms with Crippen LogP contribution in [0.1, 0.15) is 45.4 Å². The molecule has 4 heteroatoms. The maximum absolute atomic E-state index is 10.2. The van der Waals surface area contributed by atoms with E-state index < -0.39 is 11.7 Å². The van der Waals surface area contributed by atoms with Crippen LogP contribution < -0.4 is 0 Å². The molecule has 0 fully saturated rings. The van der Waals surface area contributed by atoms with Crippen molar-refractivity contribution in [1.29, 1.82) is 0 Å². The second-order valence-corrected chi connectivity index (χ2v) is 3.79. The predicted octanol–water partition coefficient (Wildman–Crippen LogP) is 1.49. The van der Waals surface area contributed by atoms with Gasteiger partial charge in [-0.1, -0.05) is 13.8 Å². The zero-order valence-corrected chi connectivity index (χ0v) is 9.64. The normalized spacial score (nSPS) is 14.2. The van der Waals surface area contributed by atoms with Crippen LogP contribution in [0.5, 0.6) is 0 Å². The molecule has 15 heavy (non-hydrogen) atoms. The lowest BCUT2D eigenvalue weighted by Gasteiger charge is -2.31. The average Bonchev–Trinajstić information content (AvgIpc) is 2.74. The maximum atomic E-state index is 10.2. The largest absolute Gasteiger partial charge is 0.387 e. The van der Waals surface area contributed by atoms with E-state index in [0.717, 1.165) is 0 Å². The first-order valence-electron chi connectivity index (χ1n) is 5.51. The van der Waals surface area contributed by atoms with Gasteiger partial charge in [-0.15, -0.1) is 0 Å². The van der Waals surface area contributed by atoms with Gasteiger partial charge in [0.1, 0.15) is 6.10 Å². The number of hydrogen-bond donors (Lipinski definition) is 2. The van der Waals surface area contributed by atoms with Gasteiger partial charge < -0.3 is 10.2 Å². The van der Waals surface area contributed by atoms with Gasteiger partial charge in [0.05, 0.1) is 11.3 Å². The summed E-state index contributed by atoms with van der Waals surface area (Å²) in [5, 5.41) is 24.4. The summed E-state index contributed by atoms with van der Waals surface area (Å²) in [6.07, 6.45) is 1.84. The molecule has 86 valence electrons. The summed E-state index contributed by atoms with van der Waals surface area (Å²) in [4.78, 5) is 0. The molecule has 1 heterocycles. The number of aromatic nitrogens is 2. The fourth-order valence-electron chi connectivity index (χ4n) is 1.75. The van der Waals surface area contributed by atoms with Gasteiger partial charge in [0, 0.05) is 12.7 Å². The Morgan fingerprint density at radius 2 is 2.00 bits per heavy atom. The molecular weight excluding hydrogens is 192 g/mol. The summed E-state index contributed by atoms with van der Waals surface area (Å²) in [6.45, 7) is 6.40. The summed E-state index contributed by atoms with van der Waals surface area (Å²) < 4.78 is 1.71. The molecule has 1 unspecified atom stereocenters.